The standard InChI is InChI=1S/C10H14ClN3O2S/c1-6-5-17-9(8(6)11)10(15)13-4-2-3-7(12)14-16/h5,16H,2-4H2,1H3,(H2,12,14)(H,13,15). The molecule has 1 heterocycles. The third kappa shape index (κ3) is 3.90. The van der Waals surface area contributed by atoms with E-state index in [1.165, 1.54) is 11.3 Å². The second-order valence-electron chi connectivity index (χ2n) is 3.51. The van der Waals surface area contributed by atoms with Crippen LogP contribution in [0.15, 0.2) is 10.5 Å². The van der Waals surface area contributed by atoms with Crippen LogP contribution >= 0.6 is 22.9 Å². The fourth-order valence-electron chi connectivity index (χ4n) is 1.18. The zero-order valence-corrected chi connectivity index (χ0v) is 10.9. The summed E-state index contributed by atoms with van der Waals surface area (Å²) in [5.41, 5.74) is 6.20. The van der Waals surface area contributed by atoms with Gasteiger partial charge in [-0.15, -0.1) is 11.3 Å². The number of hydrogen-bond donors (Lipinski definition) is 3. The first-order chi connectivity index (χ1) is 8.06. The number of nitrogens with two attached hydrogens (primary N) is 1. The molecule has 0 atom stereocenters. The molecule has 0 bridgehead atoms. The van der Waals surface area contributed by atoms with Crippen molar-refractivity contribution in [2.24, 2.45) is 10.9 Å². The van der Waals surface area contributed by atoms with E-state index in [0.717, 1.165) is 5.56 Å². The number of amides is 1. The lowest BCUT2D eigenvalue weighted by molar-refractivity contribution is 0.0957. The summed E-state index contributed by atoms with van der Waals surface area (Å²) in [5.74, 6) is -0.0307. The van der Waals surface area contributed by atoms with Crippen molar-refractivity contribution in [3.05, 3.63) is 20.8 Å². The molecule has 1 amide bonds. The minimum atomic E-state index is -0.187. The van der Waals surface area contributed by atoms with Crippen molar-refractivity contribution in [3.8, 4) is 0 Å². The average molecular weight is 276 g/mol. The van der Waals surface area contributed by atoms with Crippen molar-refractivity contribution in [2.75, 3.05) is 6.54 Å². The molecule has 0 unspecified atom stereocenters. The normalized spacial score (nSPS) is 11.5. The summed E-state index contributed by atoms with van der Waals surface area (Å²) in [4.78, 5) is 12.2. The summed E-state index contributed by atoms with van der Waals surface area (Å²) in [6.45, 7) is 2.32. The number of halogens is 1. The second kappa shape index (κ2) is 6.46. The van der Waals surface area contributed by atoms with Gasteiger partial charge in [-0.25, -0.2) is 0 Å². The molecule has 1 rings (SSSR count). The highest BCUT2D eigenvalue weighted by Gasteiger charge is 2.13. The zero-order chi connectivity index (χ0) is 12.8. The molecule has 0 aromatic carbocycles. The van der Waals surface area contributed by atoms with Gasteiger partial charge in [0.05, 0.1) is 5.02 Å². The average Bonchev–Trinajstić information content (AvgIpc) is 2.65. The monoisotopic (exact) mass is 275 g/mol. The van der Waals surface area contributed by atoms with Crippen LogP contribution in [0, 0.1) is 6.92 Å². The second-order valence-corrected chi connectivity index (χ2v) is 4.77. The number of nitrogens with zero attached hydrogens (tertiary/aromatic N) is 1. The maximum Gasteiger partial charge on any atom is 0.262 e. The Hall–Kier alpha value is -1.27. The first kappa shape index (κ1) is 13.8. The molecule has 0 aliphatic rings. The predicted octanol–water partition coefficient (Wildman–Crippen LogP) is 1.97. The van der Waals surface area contributed by atoms with Crippen molar-refractivity contribution in [1.82, 2.24) is 5.32 Å². The quantitative estimate of drug-likeness (QED) is 0.252. The van der Waals surface area contributed by atoms with Crippen LogP contribution in [0.5, 0.6) is 0 Å². The van der Waals surface area contributed by atoms with Crippen LogP contribution in [0.25, 0.3) is 0 Å². The van der Waals surface area contributed by atoms with Gasteiger partial charge in [0.15, 0.2) is 0 Å². The summed E-state index contributed by atoms with van der Waals surface area (Å²) in [6, 6.07) is 0. The van der Waals surface area contributed by atoms with Crippen molar-refractivity contribution in [2.45, 2.75) is 19.8 Å². The smallest absolute Gasteiger partial charge is 0.262 e. The van der Waals surface area contributed by atoms with E-state index in [1.54, 1.807) is 0 Å². The van der Waals surface area contributed by atoms with E-state index in [0.29, 0.717) is 29.3 Å². The van der Waals surface area contributed by atoms with Gasteiger partial charge in [0.2, 0.25) is 0 Å². The Balaban J connectivity index is 2.38. The summed E-state index contributed by atoms with van der Waals surface area (Å²) >= 11 is 7.29. The molecule has 4 N–H and O–H groups in total. The minimum absolute atomic E-state index is 0.157. The van der Waals surface area contributed by atoms with Gasteiger partial charge in [0.25, 0.3) is 5.91 Å². The molecule has 0 aliphatic carbocycles. The van der Waals surface area contributed by atoms with Gasteiger partial charge >= 0.3 is 0 Å². The van der Waals surface area contributed by atoms with Crippen molar-refractivity contribution < 1.29 is 10.0 Å². The Morgan fingerprint density at radius 3 is 2.94 bits per heavy atom. The Morgan fingerprint density at radius 1 is 1.71 bits per heavy atom. The van der Waals surface area contributed by atoms with Gasteiger partial charge in [-0.3, -0.25) is 4.79 Å². The first-order valence-corrected chi connectivity index (χ1v) is 6.30. The van der Waals surface area contributed by atoms with Crippen molar-refractivity contribution in [3.63, 3.8) is 0 Å². The molecular formula is C10H14ClN3O2S. The van der Waals surface area contributed by atoms with Crippen LogP contribution < -0.4 is 11.1 Å². The van der Waals surface area contributed by atoms with Gasteiger partial charge in [0.1, 0.15) is 10.7 Å². The number of carbonyl (C=O) groups is 1. The SMILES string of the molecule is Cc1csc(C(=O)NCCCC(N)=NO)c1Cl. The van der Waals surface area contributed by atoms with E-state index in [9.17, 15) is 4.79 Å². The van der Waals surface area contributed by atoms with Crippen LogP contribution in [-0.4, -0.2) is 23.5 Å². The molecule has 7 heteroatoms. The largest absolute Gasteiger partial charge is 0.409 e. The lowest BCUT2D eigenvalue weighted by atomic mass is 10.3. The Morgan fingerprint density at radius 2 is 2.41 bits per heavy atom. The van der Waals surface area contributed by atoms with Crippen LogP contribution in [0.3, 0.4) is 0 Å². The number of aryl methyl sites for hydroxylation is 1. The Kier molecular flexibility index (Phi) is 5.24. The molecule has 0 radical (unpaired) electrons. The predicted molar refractivity (Wildman–Crippen MR) is 69.0 cm³/mol. The van der Waals surface area contributed by atoms with E-state index < -0.39 is 0 Å². The third-order valence-electron chi connectivity index (χ3n) is 2.13. The maximum absolute atomic E-state index is 11.7. The van der Waals surface area contributed by atoms with Crippen molar-refractivity contribution in [1.29, 1.82) is 0 Å². The number of rotatable bonds is 5. The summed E-state index contributed by atoms with van der Waals surface area (Å²) < 4.78 is 0. The molecule has 0 aliphatic heterocycles. The Labute approximate surface area is 108 Å². The molecule has 1 aromatic rings. The van der Waals surface area contributed by atoms with E-state index in [1.807, 2.05) is 12.3 Å². The highest BCUT2D eigenvalue weighted by Crippen LogP contribution is 2.26. The summed E-state index contributed by atoms with van der Waals surface area (Å²) in [6.07, 6.45) is 1.05. The van der Waals surface area contributed by atoms with Crippen LogP contribution in [0.4, 0.5) is 0 Å². The van der Waals surface area contributed by atoms with Gasteiger partial charge in [0, 0.05) is 13.0 Å². The van der Waals surface area contributed by atoms with Gasteiger partial charge in [-0.2, -0.15) is 0 Å². The molecule has 17 heavy (non-hydrogen) atoms. The minimum Gasteiger partial charge on any atom is -0.409 e. The van der Waals surface area contributed by atoms with E-state index >= 15 is 0 Å². The van der Waals surface area contributed by atoms with Gasteiger partial charge in [-0.05, 0) is 24.3 Å². The van der Waals surface area contributed by atoms with Crippen LogP contribution in [-0.2, 0) is 0 Å². The summed E-state index contributed by atoms with van der Waals surface area (Å²) in [5, 5.41) is 16.2. The number of oxime groups is 1. The third-order valence-corrected chi connectivity index (χ3v) is 3.82. The molecule has 0 spiro atoms. The van der Waals surface area contributed by atoms with Crippen molar-refractivity contribution >= 4 is 34.7 Å². The molecule has 0 saturated carbocycles. The first-order valence-electron chi connectivity index (χ1n) is 5.04. The topological polar surface area (TPSA) is 87.7 Å². The Bertz CT molecular complexity index is 431. The number of nitrogens with one attached hydrogen (secondary N) is 1. The highest BCUT2D eigenvalue weighted by molar-refractivity contribution is 7.13. The fourth-order valence-corrected chi connectivity index (χ4v) is 2.38. The molecule has 94 valence electrons. The van der Waals surface area contributed by atoms with Crippen LogP contribution in [0.1, 0.15) is 28.1 Å². The van der Waals surface area contributed by atoms with Gasteiger partial charge < -0.3 is 16.3 Å². The fraction of sp³-hybridized carbons (Fsp3) is 0.400. The summed E-state index contributed by atoms with van der Waals surface area (Å²) in [7, 11) is 0. The maximum atomic E-state index is 11.7. The number of carbonyl (C=O) groups excluding carboxylic acids is 1. The lowest BCUT2D eigenvalue weighted by Gasteiger charge is -2.03. The number of amidine groups is 1. The van der Waals surface area contributed by atoms with E-state index in [4.69, 9.17) is 22.5 Å². The molecule has 0 fully saturated rings. The highest BCUT2D eigenvalue weighted by atomic mass is 35.5. The van der Waals surface area contributed by atoms with Crippen LogP contribution in [0.2, 0.25) is 5.02 Å². The molecule has 5 nitrogen and oxygen atoms in total. The molecule has 1 aromatic heterocycles. The zero-order valence-electron chi connectivity index (χ0n) is 9.36. The lowest BCUT2D eigenvalue weighted by Crippen LogP contribution is -2.25. The van der Waals surface area contributed by atoms with E-state index in [-0.39, 0.29) is 11.7 Å². The molecular weight excluding hydrogens is 262 g/mol. The van der Waals surface area contributed by atoms with Gasteiger partial charge in [-0.1, -0.05) is 16.8 Å². The number of thiophene rings is 1. The molecule has 0 saturated heterocycles. The number of hydrogen-bond acceptors (Lipinski definition) is 4. The van der Waals surface area contributed by atoms with E-state index in [2.05, 4.69) is 10.5 Å².